The molecule has 0 atom stereocenters. The summed E-state index contributed by atoms with van der Waals surface area (Å²) >= 11 is 9.98. The van der Waals surface area contributed by atoms with Crippen LogP contribution in [-0.2, 0) is 4.79 Å². The quantitative estimate of drug-likeness (QED) is 0.360. The Labute approximate surface area is 210 Å². The minimum Gasteiger partial charge on any atom is -0.484 e. The molecule has 0 bridgehead atoms. The second-order valence-electron chi connectivity index (χ2n) is 8.14. The van der Waals surface area contributed by atoms with Gasteiger partial charge in [0, 0.05) is 35.8 Å². The molecule has 1 aliphatic rings. The smallest absolute Gasteiger partial charge is 0.260 e. The highest BCUT2D eigenvalue weighted by Crippen LogP contribution is 2.31. The number of hydrogen-bond donors (Lipinski definition) is 1. The number of aromatic nitrogens is 3. The van der Waals surface area contributed by atoms with Gasteiger partial charge in [-0.15, -0.1) is 0 Å². The van der Waals surface area contributed by atoms with Crippen molar-refractivity contribution in [2.75, 3.05) is 25.0 Å². The second kappa shape index (κ2) is 10.0. The van der Waals surface area contributed by atoms with E-state index >= 15 is 0 Å². The van der Waals surface area contributed by atoms with Gasteiger partial charge in [-0.3, -0.25) is 4.79 Å². The molecule has 4 aromatic rings. The molecule has 2 aromatic carbocycles. The molecule has 2 aromatic heterocycles. The summed E-state index contributed by atoms with van der Waals surface area (Å²) in [5, 5.41) is 8.72. The minimum absolute atomic E-state index is 0.00520. The highest BCUT2D eigenvalue weighted by molar-refractivity contribution is 9.10. The van der Waals surface area contributed by atoms with Crippen LogP contribution in [0.4, 0.5) is 5.82 Å². The van der Waals surface area contributed by atoms with Gasteiger partial charge in [0.2, 0.25) is 0 Å². The van der Waals surface area contributed by atoms with Crippen molar-refractivity contribution < 1.29 is 9.53 Å². The molecule has 1 fully saturated rings. The lowest BCUT2D eigenvalue weighted by Crippen LogP contribution is -2.44. The molecule has 3 heterocycles. The number of nitrogens with zero attached hydrogens (tertiary/aromatic N) is 4. The van der Waals surface area contributed by atoms with Crippen molar-refractivity contribution in [1.82, 2.24) is 19.5 Å². The predicted molar refractivity (Wildman–Crippen MR) is 136 cm³/mol. The Morgan fingerprint density at radius 2 is 1.85 bits per heavy atom. The molecule has 1 aliphatic heterocycles. The first kappa shape index (κ1) is 22.7. The zero-order chi connectivity index (χ0) is 23.5. The van der Waals surface area contributed by atoms with Crippen molar-refractivity contribution in [3.05, 3.63) is 76.4 Å². The van der Waals surface area contributed by atoms with E-state index in [1.54, 1.807) is 10.7 Å². The van der Waals surface area contributed by atoms with Crippen molar-refractivity contribution >= 4 is 44.9 Å². The van der Waals surface area contributed by atoms with Gasteiger partial charge in [0.15, 0.2) is 12.3 Å². The lowest BCUT2D eigenvalue weighted by Gasteiger charge is -2.33. The fraction of sp³-hybridized carbons (Fsp3) is 0.240. The summed E-state index contributed by atoms with van der Waals surface area (Å²) in [6.07, 6.45) is 3.38. The van der Waals surface area contributed by atoms with Gasteiger partial charge in [-0.25, -0.2) is 4.98 Å². The van der Waals surface area contributed by atoms with Gasteiger partial charge in [0.25, 0.3) is 5.91 Å². The van der Waals surface area contributed by atoms with Crippen molar-refractivity contribution in [2.24, 2.45) is 0 Å². The topological polar surface area (TPSA) is 71.8 Å². The molecule has 1 saturated heterocycles. The number of rotatable bonds is 6. The highest BCUT2D eigenvalue weighted by Gasteiger charge is 2.24. The van der Waals surface area contributed by atoms with Gasteiger partial charge in [-0.1, -0.05) is 48.0 Å². The Morgan fingerprint density at radius 1 is 1.12 bits per heavy atom. The number of amides is 1. The molecule has 1 amide bonds. The molecule has 0 spiro atoms. The fourth-order valence-electron chi connectivity index (χ4n) is 4.08. The Bertz CT molecular complexity index is 1310. The Hall–Kier alpha value is -3.10. The Kier molecular flexibility index (Phi) is 6.69. The van der Waals surface area contributed by atoms with Crippen LogP contribution < -0.4 is 10.1 Å². The maximum atomic E-state index is 12.6. The highest BCUT2D eigenvalue weighted by atomic mass is 79.9. The number of hydrogen-bond acceptors (Lipinski definition) is 5. The average Bonchev–Trinajstić information content (AvgIpc) is 3.25. The summed E-state index contributed by atoms with van der Waals surface area (Å²) < 4.78 is 8.21. The maximum Gasteiger partial charge on any atom is 0.260 e. The first-order valence-electron chi connectivity index (χ1n) is 11.1. The van der Waals surface area contributed by atoms with Gasteiger partial charge in [-0.05, 0) is 47.0 Å². The molecular formula is C25H23BrClN5O2. The van der Waals surface area contributed by atoms with Crippen LogP contribution in [0.2, 0.25) is 5.02 Å². The monoisotopic (exact) mass is 539 g/mol. The van der Waals surface area contributed by atoms with Crippen LogP contribution in [0.15, 0.2) is 71.3 Å². The average molecular weight is 541 g/mol. The number of para-hydroxylation sites is 1. The summed E-state index contributed by atoms with van der Waals surface area (Å²) in [5.74, 6) is 1.54. The van der Waals surface area contributed by atoms with Gasteiger partial charge in [0.1, 0.15) is 11.6 Å². The maximum absolute atomic E-state index is 12.6. The second-order valence-corrected chi connectivity index (χ2v) is 9.40. The van der Waals surface area contributed by atoms with Crippen molar-refractivity contribution in [1.29, 1.82) is 0 Å². The van der Waals surface area contributed by atoms with Crippen molar-refractivity contribution in [3.8, 4) is 17.0 Å². The number of ether oxygens (including phenoxy) is 1. The normalized spacial score (nSPS) is 14.4. The number of nitrogens with one attached hydrogen (secondary N) is 1. The van der Waals surface area contributed by atoms with E-state index in [4.69, 9.17) is 21.3 Å². The summed E-state index contributed by atoms with van der Waals surface area (Å²) in [5.41, 5.74) is 2.35. The van der Waals surface area contributed by atoms with Crippen molar-refractivity contribution in [2.45, 2.75) is 18.9 Å². The van der Waals surface area contributed by atoms with E-state index in [1.165, 1.54) is 0 Å². The third-order valence-corrected chi connectivity index (χ3v) is 6.77. The van der Waals surface area contributed by atoms with Crippen molar-refractivity contribution in [3.63, 3.8) is 0 Å². The lowest BCUT2D eigenvalue weighted by molar-refractivity contribution is -0.134. The number of piperidine rings is 1. The molecule has 5 rings (SSSR count). The van der Waals surface area contributed by atoms with E-state index in [-0.39, 0.29) is 18.6 Å². The number of likely N-dealkylation sites (tertiary alicyclic amines) is 1. The molecule has 1 N–H and O–H groups in total. The Morgan fingerprint density at radius 3 is 2.62 bits per heavy atom. The zero-order valence-electron chi connectivity index (χ0n) is 18.3. The van der Waals surface area contributed by atoms with E-state index in [9.17, 15) is 4.79 Å². The summed E-state index contributed by atoms with van der Waals surface area (Å²) in [6.45, 7) is 1.39. The lowest BCUT2D eigenvalue weighted by atomic mass is 10.0. The standard InChI is InChI=1S/C25H23BrClN5O2/c26-20-15-28-32-23(14-22(30-25(20)32)19-8-4-5-9-21(19)27)29-17-10-12-31(13-11-17)24(33)16-34-18-6-2-1-3-7-18/h1-9,14-15,17,29H,10-13,16H2. The third-order valence-electron chi connectivity index (χ3n) is 5.88. The first-order chi connectivity index (χ1) is 16.6. The zero-order valence-corrected chi connectivity index (χ0v) is 20.7. The summed E-state index contributed by atoms with van der Waals surface area (Å²) in [7, 11) is 0. The van der Waals surface area contributed by atoms with Crippen LogP contribution in [0.1, 0.15) is 12.8 Å². The number of benzene rings is 2. The van der Waals surface area contributed by atoms with Crippen LogP contribution in [0.5, 0.6) is 5.75 Å². The largest absolute Gasteiger partial charge is 0.484 e. The summed E-state index contributed by atoms with van der Waals surface area (Å²) in [4.78, 5) is 19.2. The molecule has 34 heavy (non-hydrogen) atoms. The summed E-state index contributed by atoms with van der Waals surface area (Å²) in [6, 6.07) is 19.2. The minimum atomic E-state index is 0.00520. The molecule has 0 saturated carbocycles. The van der Waals surface area contributed by atoms with E-state index in [0.717, 1.165) is 34.4 Å². The van der Waals surface area contributed by atoms with Crippen LogP contribution >= 0.6 is 27.5 Å². The predicted octanol–water partition coefficient (Wildman–Crippen LogP) is 5.29. The number of carbonyl (C=O) groups excluding carboxylic acids is 1. The van der Waals surface area contributed by atoms with E-state index < -0.39 is 0 Å². The first-order valence-corrected chi connectivity index (χ1v) is 12.3. The molecule has 0 aliphatic carbocycles. The number of anilines is 1. The Balaban J connectivity index is 1.27. The molecule has 0 radical (unpaired) electrons. The number of carbonyl (C=O) groups is 1. The van der Waals surface area contributed by atoms with Crippen LogP contribution in [0.3, 0.4) is 0 Å². The molecule has 9 heteroatoms. The molecule has 0 unspecified atom stereocenters. The van der Waals surface area contributed by atoms with E-state index in [0.29, 0.717) is 29.5 Å². The van der Waals surface area contributed by atoms with E-state index in [1.807, 2.05) is 65.6 Å². The third kappa shape index (κ3) is 4.88. The fourth-order valence-corrected chi connectivity index (χ4v) is 4.66. The van der Waals surface area contributed by atoms with Crippen LogP contribution in [-0.4, -0.2) is 51.1 Å². The van der Waals surface area contributed by atoms with Crippen LogP contribution in [0.25, 0.3) is 16.9 Å². The van der Waals surface area contributed by atoms with Gasteiger partial charge in [-0.2, -0.15) is 9.61 Å². The molecule has 174 valence electrons. The van der Waals surface area contributed by atoms with Crippen LogP contribution in [0, 0.1) is 0 Å². The van der Waals surface area contributed by atoms with Gasteiger partial charge in [0.05, 0.1) is 16.4 Å². The molecular weight excluding hydrogens is 518 g/mol. The number of fused-ring (bicyclic) bond motifs is 1. The van der Waals surface area contributed by atoms with Gasteiger partial charge < -0.3 is 15.0 Å². The van der Waals surface area contributed by atoms with Gasteiger partial charge >= 0.3 is 0 Å². The van der Waals surface area contributed by atoms with E-state index in [2.05, 4.69) is 26.3 Å². The molecule has 7 nitrogen and oxygen atoms in total. The SMILES string of the molecule is O=C(COc1ccccc1)N1CCC(Nc2cc(-c3ccccc3Cl)nc3c(Br)cnn23)CC1. The number of halogens is 2.